The minimum Gasteiger partial charge on any atom is -0.497 e. The number of carbonyl (C=O) groups excluding carboxylic acids is 1. The lowest BCUT2D eigenvalue weighted by Gasteiger charge is -2.25. The van der Waals surface area contributed by atoms with Crippen LogP contribution in [0, 0.1) is 5.41 Å². The molecule has 7 heteroatoms. The SMILES string of the molecule is CCNC(=NCC(C)(C)C(=O)NC)N(C)Cc1ccc(OC)cc1.I. The molecule has 1 rings (SSSR count). The number of rotatable bonds is 7. The maximum atomic E-state index is 11.9. The summed E-state index contributed by atoms with van der Waals surface area (Å²) in [6.45, 7) is 7.72. The number of ether oxygens (including phenoxy) is 1. The fourth-order valence-corrected chi connectivity index (χ4v) is 2.23. The number of nitrogens with zero attached hydrogens (tertiary/aromatic N) is 2. The van der Waals surface area contributed by atoms with E-state index < -0.39 is 5.41 Å². The highest BCUT2D eigenvalue weighted by atomic mass is 127. The van der Waals surface area contributed by atoms with Crippen molar-refractivity contribution in [2.45, 2.75) is 27.3 Å². The van der Waals surface area contributed by atoms with Crippen molar-refractivity contribution in [3.05, 3.63) is 29.8 Å². The summed E-state index contributed by atoms with van der Waals surface area (Å²) in [4.78, 5) is 18.6. The lowest BCUT2D eigenvalue weighted by molar-refractivity contribution is -0.128. The normalized spacial score (nSPS) is 11.4. The number of hydrogen-bond acceptors (Lipinski definition) is 3. The maximum absolute atomic E-state index is 11.9. The van der Waals surface area contributed by atoms with Crippen LogP contribution in [-0.2, 0) is 11.3 Å². The molecule has 2 N–H and O–H groups in total. The highest BCUT2D eigenvalue weighted by Gasteiger charge is 2.26. The van der Waals surface area contributed by atoms with Crippen LogP contribution in [0.5, 0.6) is 5.75 Å². The summed E-state index contributed by atoms with van der Waals surface area (Å²) < 4.78 is 5.18. The van der Waals surface area contributed by atoms with Gasteiger partial charge in [-0.05, 0) is 38.5 Å². The second-order valence-corrected chi connectivity index (χ2v) is 6.34. The largest absolute Gasteiger partial charge is 0.497 e. The van der Waals surface area contributed by atoms with Crippen LogP contribution in [0.25, 0.3) is 0 Å². The van der Waals surface area contributed by atoms with Gasteiger partial charge in [0.1, 0.15) is 5.75 Å². The van der Waals surface area contributed by atoms with Gasteiger partial charge in [-0.25, -0.2) is 0 Å². The minimum atomic E-state index is -0.545. The Kier molecular flexibility index (Phi) is 10.5. The molecule has 142 valence electrons. The molecule has 1 aromatic rings. The zero-order valence-electron chi connectivity index (χ0n) is 16.0. The summed E-state index contributed by atoms with van der Waals surface area (Å²) in [5, 5.41) is 5.96. The Bertz CT molecular complexity index is 559. The molecule has 25 heavy (non-hydrogen) atoms. The number of nitrogens with one attached hydrogen (secondary N) is 2. The molecule has 0 aliphatic rings. The Balaban J connectivity index is 0.00000576. The van der Waals surface area contributed by atoms with E-state index in [1.165, 1.54) is 0 Å². The van der Waals surface area contributed by atoms with Crippen molar-refractivity contribution in [3.8, 4) is 5.75 Å². The van der Waals surface area contributed by atoms with Crippen molar-refractivity contribution in [2.75, 3.05) is 34.3 Å². The van der Waals surface area contributed by atoms with E-state index >= 15 is 0 Å². The van der Waals surface area contributed by atoms with Gasteiger partial charge in [-0.15, -0.1) is 24.0 Å². The number of aliphatic imine (C=N–C) groups is 1. The molecule has 0 bridgehead atoms. The van der Waals surface area contributed by atoms with E-state index in [9.17, 15) is 4.79 Å². The molecule has 0 aliphatic carbocycles. The number of benzene rings is 1. The molecule has 0 fully saturated rings. The molecule has 0 aliphatic heterocycles. The summed E-state index contributed by atoms with van der Waals surface area (Å²) in [6.07, 6.45) is 0. The predicted molar refractivity (Wildman–Crippen MR) is 114 cm³/mol. The first-order chi connectivity index (χ1) is 11.3. The Labute approximate surface area is 168 Å². The Morgan fingerprint density at radius 3 is 2.36 bits per heavy atom. The van der Waals surface area contributed by atoms with Gasteiger partial charge in [-0.3, -0.25) is 9.79 Å². The van der Waals surface area contributed by atoms with Gasteiger partial charge in [0.25, 0.3) is 0 Å². The molecule has 0 unspecified atom stereocenters. The van der Waals surface area contributed by atoms with Gasteiger partial charge in [0.15, 0.2) is 5.96 Å². The molecular weight excluding hydrogens is 431 g/mol. The standard InChI is InChI=1S/C18H30N4O2.HI/c1-7-20-17(21-13-18(2,3)16(23)19-4)22(5)12-14-8-10-15(24-6)11-9-14;/h8-11H,7,12-13H2,1-6H3,(H,19,23)(H,20,21);1H. The smallest absolute Gasteiger partial charge is 0.227 e. The number of amides is 1. The van der Waals surface area contributed by atoms with Crippen LogP contribution in [0.1, 0.15) is 26.3 Å². The molecule has 0 heterocycles. The van der Waals surface area contributed by atoms with Crippen molar-refractivity contribution in [1.29, 1.82) is 0 Å². The molecule has 0 saturated heterocycles. The molecule has 0 aromatic heterocycles. The van der Waals surface area contributed by atoms with E-state index in [4.69, 9.17) is 4.74 Å². The van der Waals surface area contributed by atoms with Gasteiger partial charge in [-0.1, -0.05) is 12.1 Å². The first-order valence-electron chi connectivity index (χ1n) is 8.18. The lowest BCUT2D eigenvalue weighted by atomic mass is 9.93. The fraction of sp³-hybridized carbons (Fsp3) is 0.556. The van der Waals surface area contributed by atoms with Crippen molar-refractivity contribution < 1.29 is 9.53 Å². The third kappa shape index (κ3) is 7.50. The lowest BCUT2D eigenvalue weighted by Crippen LogP contribution is -2.41. The van der Waals surface area contributed by atoms with Crippen LogP contribution in [0.4, 0.5) is 0 Å². The van der Waals surface area contributed by atoms with Crippen LogP contribution < -0.4 is 15.4 Å². The number of carbonyl (C=O) groups is 1. The topological polar surface area (TPSA) is 66.0 Å². The van der Waals surface area contributed by atoms with Crippen molar-refractivity contribution >= 4 is 35.8 Å². The van der Waals surface area contributed by atoms with Gasteiger partial charge in [-0.2, -0.15) is 0 Å². The first-order valence-corrected chi connectivity index (χ1v) is 8.18. The second kappa shape index (κ2) is 11.2. The van der Waals surface area contributed by atoms with Crippen molar-refractivity contribution in [2.24, 2.45) is 10.4 Å². The number of halogens is 1. The van der Waals surface area contributed by atoms with E-state index in [1.54, 1.807) is 14.2 Å². The maximum Gasteiger partial charge on any atom is 0.227 e. The second-order valence-electron chi connectivity index (χ2n) is 6.34. The minimum absolute atomic E-state index is 0. The van der Waals surface area contributed by atoms with Gasteiger partial charge < -0.3 is 20.3 Å². The van der Waals surface area contributed by atoms with Crippen LogP contribution in [0.3, 0.4) is 0 Å². The molecule has 0 saturated carbocycles. The Hall–Kier alpha value is -1.51. The third-order valence-electron chi connectivity index (χ3n) is 3.74. The van der Waals surface area contributed by atoms with E-state index in [-0.39, 0.29) is 29.9 Å². The monoisotopic (exact) mass is 462 g/mol. The van der Waals surface area contributed by atoms with Crippen molar-refractivity contribution in [1.82, 2.24) is 15.5 Å². The van der Waals surface area contributed by atoms with Gasteiger partial charge in [0, 0.05) is 27.2 Å². The highest BCUT2D eigenvalue weighted by Crippen LogP contribution is 2.16. The molecular formula is C18H31IN4O2. The van der Waals surface area contributed by atoms with Gasteiger partial charge in [0.05, 0.1) is 19.1 Å². The number of guanidine groups is 1. The zero-order valence-corrected chi connectivity index (χ0v) is 18.4. The Morgan fingerprint density at radius 2 is 1.88 bits per heavy atom. The summed E-state index contributed by atoms with van der Waals surface area (Å²) in [6, 6.07) is 7.96. The van der Waals surface area contributed by atoms with E-state index in [2.05, 4.69) is 15.6 Å². The molecule has 1 aromatic carbocycles. The molecule has 6 nitrogen and oxygen atoms in total. The van der Waals surface area contributed by atoms with Gasteiger partial charge in [0.2, 0.25) is 5.91 Å². The zero-order chi connectivity index (χ0) is 18.2. The Morgan fingerprint density at radius 1 is 1.28 bits per heavy atom. The third-order valence-corrected chi connectivity index (χ3v) is 3.74. The fourth-order valence-electron chi connectivity index (χ4n) is 2.23. The van der Waals surface area contributed by atoms with Crippen LogP contribution in [0.15, 0.2) is 29.3 Å². The van der Waals surface area contributed by atoms with Crippen molar-refractivity contribution in [3.63, 3.8) is 0 Å². The number of methoxy groups -OCH3 is 1. The highest BCUT2D eigenvalue weighted by molar-refractivity contribution is 14.0. The number of hydrogen-bond donors (Lipinski definition) is 2. The molecule has 0 spiro atoms. The average Bonchev–Trinajstić information content (AvgIpc) is 2.58. The molecule has 0 atom stereocenters. The first kappa shape index (κ1) is 23.5. The van der Waals surface area contributed by atoms with Crippen LogP contribution >= 0.6 is 24.0 Å². The quantitative estimate of drug-likeness (QED) is 0.371. The van der Waals surface area contributed by atoms with Crippen LogP contribution in [-0.4, -0.2) is 51.1 Å². The average molecular weight is 462 g/mol. The summed E-state index contributed by atoms with van der Waals surface area (Å²) in [5.74, 6) is 1.61. The predicted octanol–water partition coefficient (Wildman–Crippen LogP) is 2.48. The van der Waals surface area contributed by atoms with E-state index in [0.717, 1.165) is 30.4 Å². The molecule has 1 amide bonds. The van der Waals surface area contributed by atoms with E-state index in [1.807, 2.05) is 57.0 Å². The van der Waals surface area contributed by atoms with E-state index in [0.29, 0.717) is 6.54 Å². The molecule has 0 radical (unpaired) electrons. The summed E-state index contributed by atoms with van der Waals surface area (Å²) in [5.41, 5.74) is 0.616. The van der Waals surface area contributed by atoms with Gasteiger partial charge >= 0.3 is 0 Å². The van der Waals surface area contributed by atoms with Crippen LogP contribution in [0.2, 0.25) is 0 Å². The summed E-state index contributed by atoms with van der Waals surface area (Å²) in [7, 11) is 5.29. The summed E-state index contributed by atoms with van der Waals surface area (Å²) >= 11 is 0.